The molecule has 0 saturated heterocycles. The number of aryl methyl sites for hydroxylation is 1. The van der Waals surface area contributed by atoms with Gasteiger partial charge in [-0.1, -0.05) is 25.3 Å². The highest BCUT2D eigenvalue weighted by Crippen LogP contribution is 2.30. The number of hydrogen-bond donors (Lipinski definition) is 1. The van der Waals surface area contributed by atoms with Crippen LogP contribution in [0.2, 0.25) is 0 Å². The third kappa shape index (κ3) is 3.52. The van der Waals surface area contributed by atoms with Crippen molar-refractivity contribution in [2.24, 2.45) is 0 Å². The van der Waals surface area contributed by atoms with Crippen LogP contribution in [0, 0.1) is 6.92 Å². The number of pyridine rings is 1. The smallest absolute Gasteiger partial charge is 0.255 e. The molecule has 0 atom stereocenters. The molecule has 2 aromatic heterocycles. The average Bonchev–Trinajstić information content (AvgIpc) is 2.65. The maximum absolute atomic E-state index is 12.7. The van der Waals surface area contributed by atoms with E-state index in [0.717, 1.165) is 55.1 Å². The Morgan fingerprint density at radius 3 is 2.92 bits per heavy atom. The van der Waals surface area contributed by atoms with Crippen molar-refractivity contribution in [2.45, 2.75) is 64.5 Å². The van der Waals surface area contributed by atoms with Crippen LogP contribution in [-0.4, -0.2) is 26.4 Å². The highest BCUT2D eigenvalue weighted by Gasteiger charge is 2.24. The number of aromatic nitrogens is 3. The molecule has 0 amide bonds. The van der Waals surface area contributed by atoms with Gasteiger partial charge in [-0.15, -0.1) is 0 Å². The lowest BCUT2D eigenvalue weighted by Gasteiger charge is -2.29. The van der Waals surface area contributed by atoms with Gasteiger partial charge in [-0.25, -0.2) is 4.98 Å². The Labute approximate surface area is 148 Å². The zero-order valence-corrected chi connectivity index (χ0v) is 14.9. The first-order valence-electron chi connectivity index (χ1n) is 9.45. The molecule has 5 nitrogen and oxygen atoms in total. The van der Waals surface area contributed by atoms with Crippen LogP contribution in [0.15, 0.2) is 23.1 Å². The lowest BCUT2D eigenvalue weighted by atomic mass is 9.88. The molecule has 1 N–H and O–H groups in total. The topological polar surface area (TPSA) is 61.9 Å². The molecule has 0 radical (unpaired) electrons. The fraction of sp³-hybridized carbons (Fsp3) is 0.550. The zero-order valence-electron chi connectivity index (χ0n) is 14.9. The van der Waals surface area contributed by atoms with Gasteiger partial charge in [0.15, 0.2) is 0 Å². The van der Waals surface area contributed by atoms with Crippen LogP contribution in [0.25, 0.3) is 0 Å². The van der Waals surface area contributed by atoms with E-state index in [1.807, 2.05) is 19.2 Å². The Balaban J connectivity index is 1.53. The van der Waals surface area contributed by atoms with E-state index in [9.17, 15) is 4.79 Å². The van der Waals surface area contributed by atoms with Crippen molar-refractivity contribution < 1.29 is 0 Å². The Hall–Kier alpha value is -2.01. The molecule has 0 unspecified atom stereocenters. The van der Waals surface area contributed by atoms with E-state index < -0.39 is 0 Å². The molecule has 25 heavy (non-hydrogen) atoms. The predicted molar refractivity (Wildman–Crippen MR) is 97.5 cm³/mol. The summed E-state index contributed by atoms with van der Waals surface area (Å²) in [6, 6.07) is 4.09. The van der Waals surface area contributed by atoms with E-state index in [-0.39, 0.29) is 5.56 Å². The van der Waals surface area contributed by atoms with Crippen molar-refractivity contribution in [2.75, 3.05) is 6.54 Å². The molecule has 2 aromatic rings. The molecule has 132 valence electrons. The predicted octanol–water partition coefficient (Wildman–Crippen LogP) is 3.08. The summed E-state index contributed by atoms with van der Waals surface area (Å²) in [5.74, 6) is 1.38. The Morgan fingerprint density at radius 2 is 2.12 bits per heavy atom. The van der Waals surface area contributed by atoms with E-state index in [1.54, 1.807) is 0 Å². The van der Waals surface area contributed by atoms with Gasteiger partial charge in [0.05, 0.1) is 11.3 Å². The molecule has 4 rings (SSSR count). The molecule has 0 aromatic carbocycles. The second kappa shape index (κ2) is 7.08. The molecule has 0 bridgehead atoms. The summed E-state index contributed by atoms with van der Waals surface area (Å²) >= 11 is 0. The first-order valence-corrected chi connectivity index (χ1v) is 9.45. The fourth-order valence-corrected chi connectivity index (χ4v) is 4.13. The van der Waals surface area contributed by atoms with E-state index >= 15 is 0 Å². The van der Waals surface area contributed by atoms with E-state index in [2.05, 4.69) is 20.9 Å². The van der Waals surface area contributed by atoms with Crippen molar-refractivity contribution in [3.8, 4) is 0 Å². The molecule has 1 aliphatic heterocycles. The summed E-state index contributed by atoms with van der Waals surface area (Å²) in [7, 11) is 0. The number of hydrogen-bond acceptors (Lipinski definition) is 4. The first kappa shape index (κ1) is 16.5. The van der Waals surface area contributed by atoms with Crippen molar-refractivity contribution >= 4 is 0 Å². The van der Waals surface area contributed by atoms with E-state index in [4.69, 9.17) is 4.98 Å². The number of rotatable bonds is 3. The van der Waals surface area contributed by atoms with Gasteiger partial charge >= 0.3 is 0 Å². The largest absolute Gasteiger partial charge is 0.310 e. The lowest BCUT2D eigenvalue weighted by Crippen LogP contribution is -2.36. The van der Waals surface area contributed by atoms with Gasteiger partial charge in [-0.05, 0) is 31.4 Å². The van der Waals surface area contributed by atoms with Crippen LogP contribution < -0.4 is 5.56 Å². The van der Waals surface area contributed by atoms with Crippen molar-refractivity contribution in [1.82, 2.24) is 19.9 Å². The van der Waals surface area contributed by atoms with Crippen LogP contribution in [0.3, 0.4) is 0 Å². The Kier molecular flexibility index (Phi) is 4.66. The normalized spacial score (nSPS) is 18.9. The van der Waals surface area contributed by atoms with Gasteiger partial charge in [0.1, 0.15) is 5.82 Å². The summed E-state index contributed by atoms with van der Waals surface area (Å²) in [6.45, 7) is 4.50. The quantitative estimate of drug-likeness (QED) is 0.934. The van der Waals surface area contributed by atoms with Gasteiger partial charge in [-0.2, -0.15) is 0 Å². The summed E-state index contributed by atoms with van der Waals surface area (Å²) in [4.78, 5) is 27.3. The minimum Gasteiger partial charge on any atom is -0.310 e. The second-order valence-corrected chi connectivity index (χ2v) is 7.42. The summed E-state index contributed by atoms with van der Waals surface area (Å²) in [5.41, 5.74) is 4.23. The van der Waals surface area contributed by atoms with Gasteiger partial charge in [0.25, 0.3) is 5.56 Å². The lowest BCUT2D eigenvalue weighted by molar-refractivity contribution is 0.240. The Bertz CT molecular complexity index is 808. The standard InChI is InChI=1S/C20H26N4O/c1-14-16(8-5-10-21-14)12-24-11-9-18-17(13-24)20(25)23-19(22-18)15-6-3-2-4-7-15/h5,8,10,15H,2-4,6-7,9,11-13H2,1H3,(H,22,23,25). The SMILES string of the molecule is Cc1ncccc1CN1CCc2nc(C3CCCCC3)[nH]c(=O)c2C1. The molecule has 0 spiro atoms. The van der Waals surface area contributed by atoms with Crippen LogP contribution in [0.5, 0.6) is 0 Å². The summed E-state index contributed by atoms with van der Waals surface area (Å²) < 4.78 is 0. The van der Waals surface area contributed by atoms with Crippen molar-refractivity contribution in [3.05, 3.63) is 57.0 Å². The number of nitrogens with zero attached hydrogens (tertiary/aromatic N) is 3. The minimum absolute atomic E-state index is 0.0678. The van der Waals surface area contributed by atoms with Gasteiger partial charge in [0, 0.05) is 43.9 Å². The number of fused-ring (bicyclic) bond motifs is 1. The van der Waals surface area contributed by atoms with Crippen LogP contribution in [0.4, 0.5) is 0 Å². The highest BCUT2D eigenvalue weighted by atomic mass is 16.1. The monoisotopic (exact) mass is 338 g/mol. The first-order chi connectivity index (χ1) is 12.2. The van der Waals surface area contributed by atoms with Crippen LogP contribution >= 0.6 is 0 Å². The third-order valence-corrected chi connectivity index (χ3v) is 5.67. The highest BCUT2D eigenvalue weighted by molar-refractivity contribution is 5.23. The van der Waals surface area contributed by atoms with Crippen molar-refractivity contribution in [3.63, 3.8) is 0 Å². The van der Waals surface area contributed by atoms with Crippen LogP contribution in [-0.2, 0) is 19.5 Å². The zero-order chi connectivity index (χ0) is 17.2. The van der Waals surface area contributed by atoms with Gasteiger partial charge in [0.2, 0.25) is 0 Å². The molecule has 1 aliphatic carbocycles. The maximum atomic E-state index is 12.7. The number of nitrogens with one attached hydrogen (secondary N) is 1. The molecular weight excluding hydrogens is 312 g/mol. The second-order valence-electron chi connectivity index (χ2n) is 7.42. The molecule has 1 saturated carbocycles. The Morgan fingerprint density at radius 1 is 1.28 bits per heavy atom. The molecular formula is C20H26N4O. The summed E-state index contributed by atoms with van der Waals surface area (Å²) in [5, 5.41) is 0. The molecule has 3 heterocycles. The maximum Gasteiger partial charge on any atom is 0.255 e. The molecule has 1 fully saturated rings. The number of H-pyrrole nitrogens is 1. The molecule has 5 heteroatoms. The van der Waals surface area contributed by atoms with Crippen LogP contribution in [0.1, 0.15) is 66.4 Å². The number of aromatic amines is 1. The van der Waals surface area contributed by atoms with E-state index in [1.165, 1.54) is 24.8 Å². The fourth-order valence-electron chi connectivity index (χ4n) is 4.13. The average molecular weight is 338 g/mol. The minimum atomic E-state index is 0.0678. The van der Waals surface area contributed by atoms with Gasteiger partial charge in [-0.3, -0.25) is 14.7 Å². The summed E-state index contributed by atoms with van der Waals surface area (Å²) in [6.07, 6.45) is 8.83. The van der Waals surface area contributed by atoms with Crippen molar-refractivity contribution in [1.29, 1.82) is 0 Å². The third-order valence-electron chi connectivity index (χ3n) is 5.67. The van der Waals surface area contributed by atoms with Gasteiger partial charge < -0.3 is 4.98 Å². The van der Waals surface area contributed by atoms with E-state index in [0.29, 0.717) is 12.5 Å². The molecule has 2 aliphatic rings.